The fraction of sp³-hybridized carbons (Fsp3) is 0.400. The number of aromatic amines is 1. The molecule has 4 nitrogen and oxygen atoms in total. The highest BCUT2D eigenvalue weighted by atomic mass is 19.1. The van der Waals surface area contributed by atoms with Crippen molar-refractivity contribution >= 4 is 0 Å². The van der Waals surface area contributed by atoms with Crippen molar-refractivity contribution in [2.24, 2.45) is 0 Å². The van der Waals surface area contributed by atoms with Crippen LogP contribution in [-0.4, -0.2) is 23.6 Å². The van der Waals surface area contributed by atoms with Crippen molar-refractivity contribution in [3.63, 3.8) is 0 Å². The van der Waals surface area contributed by atoms with Crippen LogP contribution in [0.4, 0.5) is 4.39 Å². The van der Waals surface area contributed by atoms with E-state index in [0.29, 0.717) is 6.42 Å². The second kappa shape index (κ2) is 7.05. The second-order valence-electron chi connectivity index (χ2n) is 4.65. The highest BCUT2D eigenvalue weighted by Gasteiger charge is 2.15. The molecule has 108 valence electrons. The zero-order valence-electron chi connectivity index (χ0n) is 11.8. The van der Waals surface area contributed by atoms with Gasteiger partial charge in [-0.3, -0.25) is 0 Å². The Labute approximate surface area is 118 Å². The lowest BCUT2D eigenvalue weighted by Gasteiger charge is -2.16. The normalized spacial score (nSPS) is 12.3. The number of hydrogen-bond acceptors (Lipinski definition) is 3. The van der Waals surface area contributed by atoms with E-state index in [4.69, 9.17) is 4.74 Å². The molecule has 0 fully saturated rings. The molecule has 1 atom stereocenters. The van der Waals surface area contributed by atoms with Crippen molar-refractivity contribution < 1.29 is 9.13 Å². The fourth-order valence-electron chi connectivity index (χ4n) is 2.12. The van der Waals surface area contributed by atoms with E-state index in [1.165, 1.54) is 13.2 Å². The molecule has 2 N–H and O–H groups in total. The number of nitrogens with zero attached hydrogens (tertiary/aromatic N) is 1. The molecule has 2 rings (SSSR count). The summed E-state index contributed by atoms with van der Waals surface area (Å²) in [7, 11) is 1.46. The van der Waals surface area contributed by atoms with E-state index < -0.39 is 0 Å². The van der Waals surface area contributed by atoms with Crippen LogP contribution in [0, 0.1) is 5.82 Å². The number of benzene rings is 1. The standard InChI is InChI=1S/C15H20FN3O/c1-3-6-17-13(15-18-7-8-19-15)10-11-4-5-14(20-2)12(16)9-11/h4-5,7-9,13,17H,3,6,10H2,1-2H3,(H,18,19). The molecule has 20 heavy (non-hydrogen) atoms. The minimum absolute atomic E-state index is 0.0535. The Morgan fingerprint density at radius 3 is 2.90 bits per heavy atom. The van der Waals surface area contributed by atoms with Crippen molar-refractivity contribution in [3.05, 3.63) is 47.8 Å². The zero-order valence-corrected chi connectivity index (χ0v) is 11.8. The largest absolute Gasteiger partial charge is 0.494 e. The summed E-state index contributed by atoms with van der Waals surface area (Å²) in [4.78, 5) is 7.40. The number of methoxy groups -OCH3 is 1. The molecule has 1 unspecified atom stereocenters. The average molecular weight is 277 g/mol. The number of H-pyrrole nitrogens is 1. The van der Waals surface area contributed by atoms with E-state index in [1.807, 2.05) is 6.07 Å². The van der Waals surface area contributed by atoms with E-state index in [2.05, 4.69) is 22.2 Å². The molecule has 0 aliphatic carbocycles. The van der Waals surface area contributed by atoms with Crippen LogP contribution < -0.4 is 10.1 Å². The first-order valence-electron chi connectivity index (χ1n) is 6.79. The molecule has 0 amide bonds. The lowest BCUT2D eigenvalue weighted by molar-refractivity contribution is 0.386. The monoisotopic (exact) mass is 277 g/mol. The molecular weight excluding hydrogens is 257 g/mol. The molecule has 0 saturated carbocycles. The summed E-state index contributed by atoms with van der Waals surface area (Å²) < 4.78 is 18.7. The minimum Gasteiger partial charge on any atom is -0.494 e. The molecule has 0 saturated heterocycles. The summed E-state index contributed by atoms with van der Waals surface area (Å²) in [6, 6.07) is 5.11. The molecule has 1 heterocycles. The van der Waals surface area contributed by atoms with Gasteiger partial charge in [-0.05, 0) is 37.1 Å². The van der Waals surface area contributed by atoms with Gasteiger partial charge in [-0.25, -0.2) is 9.37 Å². The van der Waals surface area contributed by atoms with Crippen LogP contribution in [0.2, 0.25) is 0 Å². The maximum atomic E-state index is 13.7. The first-order valence-corrected chi connectivity index (χ1v) is 6.79. The molecule has 0 aliphatic rings. The average Bonchev–Trinajstić information content (AvgIpc) is 2.97. The van der Waals surface area contributed by atoms with Gasteiger partial charge in [0.1, 0.15) is 5.82 Å². The Kier molecular flexibility index (Phi) is 5.12. The number of ether oxygens (including phenoxy) is 1. The van der Waals surface area contributed by atoms with Crippen molar-refractivity contribution in [1.82, 2.24) is 15.3 Å². The van der Waals surface area contributed by atoms with Gasteiger partial charge in [0.2, 0.25) is 0 Å². The summed E-state index contributed by atoms with van der Waals surface area (Å²) in [5.74, 6) is 0.804. The second-order valence-corrected chi connectivity index (χ2v) is 4.65. The van der Waals surface area contributed by atoms with Crippen LogP contribution in [0.15, 0.2) is 30.6 Å². The topological polar surface area (TPSA) is 49.9 Å². The Morgan fingerprint density at radius 1 is 1.45 bits per heavy atom. The molecule has 5 heteroatoms. The van der Waals surface area contributed by atoms with E-state index in [0.717, 1.165) is 24.4 Å². The predicted octanol–water partition coefficient (Wildman–Crippen LogP) is 2.84. The van der Waals surface area contributed by atoms with Crippen LogP contribution in [0.1, 0.15) is 30.8 Å². The van der Waals surface area contributed by atoms with Crippen molar-refractivity contribution in [2.75, 3.05) is 13.7 Å². The van der Waals surface area contributed by atoms with Crippen LogP contribution in [0.5, 0.6) is 5.75 Å². The van der Waals surface area contributed by atoms with Crippen molar-refractivity contribution in [1.29, 1.82) is 0 Å². The molecule has 1 aromatic heterocycles. The van der Waals surface area contributed by atoms with Gasteiger partial charge < -0.3 is 15.0 Å². The van der Waals surface area contributed by atoms with Gasteiger partial charge in [0.25, 0.3) is 0 Å². The quantitative estimate of drug-likeness (QED) is 0.818. The van der Waals surface area contributed by atoms with Crippen LogP contribution in [0.3, 0.4) is 0 Å². The lowest BCUT2D eigenvalue weighted by atomic mass is 10.0. The highest BCUT2D eigenvalue weighted by Crippen LogP contribution is 2.21. The van der Waals surface area contributed by atoms with Crippen LogP contribution >= 0.6 is 0 Å². The Bertz CT molecular complexity index is 528. The van der Waals surface area contributed by atoms with Crippen molar-refractivity contribution in [3.8, 4) is 5.75 Å². The van der Waals surface area contributed by atoms with E-state index in [9.17, 15) is 4.39 Å². The van der Waals surface area contributed by atoms with Gasteiger partial charge in [0.15, 0.2) is 11.6 Å². The molecular formula is C15H20FN3O. The van der Waals surface area contributed by atoms with E-state index in [1.54, 1.807) is 18.5 Å². The summed E-state index contributed by atoms with van der Waals surface area (Å²) in [5.41, 5.74) is 0.910. The third-order valence-electron chi connectivity index (χ3n) is 3.15. The van der Waals surface area contributed by atoms with Gasteiger partial charge in [0.05, 0.1) is 13.2 Å². The number of hydrogen-bond donors (Lipinski definition) is 2. The third-order valence-corrected chi connectivity index (χ3v) is 3.15. The summed E-state index contributed by atoms with van der Waals surface area (Å²) in [6.45, 7) is 3.00. The molecule has 2 aromatic rings. The fourth-order valence-corrected chi connectivity index (χ4v) is 2.12. The Morgan fingerprint density at radius 2 is 2.30 bits per heavy atom. The molecule has 0 radical (unpaired) electrons. The lowest BCUT2D eigenvalue weighted by Crippen LogP contribution is -2.25. The van der Waals surface area contributed by atoms with Gasteiger partial charge >= 0.3 is 0 Å². The van der Waals surface area contributed by atoms with Crippen LogP contribution in [0.25, 0.3) is 0 Å². The van der Waals surface area contributed by atoms with Gasteiger partial charge in [0, 0.05) is 12.4 Å². The summed E-state index contributed by atoms with van der Waals surface area (Å²) in [6.07, 6.45) is 5.23. The molecule has 1 aromatic carbocycles. The first kappa shape index (κ1) is 14.5. The molecule has 0 spiro atoms. The maximum Gasteiger partial charge on any atom is 0.165 e. The highest BCUT2D eigenvalue weighted by molar-refractivity contribution is 5.30. The third kappa shape index (κ3) is 3.57. The van der Waals surface area contributed by atoms with Gasteiger partial charge in [-0.1, -0.05) is 13.0 Å². The van der Waals surface area contributed by atoms with E-state index >= 15 is 0 Å². The Balaban J connectivity index is 2.13. The van der Waals surface area contributed by atoms with Crippen LogP contribution in [-0.2, 0) is 6.42 Å². The molecule has 0 aliphatic heterocycles. The number of imidazole rings is 1. The predicted molar refractivity (Wildman–Crippen MR) is 76.3 cm³/mol. The van der Waals surface area contributed by atoms with Crippen molar-refractivity contribution in [2.45, 2.75) is 25.8 Å². The first-order chi connectivity index (χ1) is 9.74. The molecule has 0 bridgehead atoms. The smallest absolute Gasteiger partial charge is 0.165 e. The zero-order chi connectivity index (χ0) is 14.4. The van der Waals surface area contributed by atoms with Gasteiger partial charge in [-0.15, -0.1) is 0 Å². The number of halogens is 1. The van der Waals surface area contributed by atoms with Gasteiger partial charge in [-0.2, -0.15) is 0 Å². The number of nitrogens with one attached hydrogen (secondary N) is 2. The summed E-state index contributed by atoms with van der Waals surface area (Å²) >= 11 is 0. The minimum atomic E-state index is -0.335. The number of rotatable bonds is 7. The number of aromatic nitrogens is 2. The Hall–Kier alpha value is -1.88. The summed E-state index contributed by atoms with van der Waals surface area (Å²) in [5, 5.41) is 3.42. The van der Waals surface area contributed by atoms with E-state index in [-0.39, 0.29) is 17.6 Å². The SMILES string of the molecule is CCCNC(Cc1ccc(OC)c(F)c1)c1ncc[nH]1. The maximum absolute atomic E-state index is 13.7.